The Bertz CT molecular complexity index is 116. The van der Waals surface area contributed by atoms with Crippen molar-refractivity contribution in [3.05, 3.63) is 11.8 Å². The van der Waals surface area contributed by atoms with Crippen LogP contribution in [-0.4, -0.2) is 12.8 Å². The molecule has 0 radical (unpaired) electrons. The Morgan fingerprint density at radius 2 is 2.12 bits per heavy atom. The quantitative estimate of drug-likeness (QED) is 0.534. The fraction of sp³-hybridized carbons (Fsp3) is 0.500. The van der Waals surface area contributed by atoms with Gasteiger partial charge in [-0.15, -0.1) is 0 Å². The highest BCUT2D eigenvalue weighted by Gasteiger charge is 1.94. The van der Waals surface area contributed by atoms with E-state index in [1.807, 2.05) is 6.92 Å². The average molecular weight is 113 g/mol. The lowest BCUT2D eigenvalue weighted by molar-refractivity contribution is -0.113. The maximum atomic E-state index is 10.5. The largest absolute Gasteiger partial charge is 0.386 e. The SMILES string of the molecule is C/C=C(\NC)C(C)=O. The summed E-state index contributed by atoms with van der Waals surface area (Å²) in [6, 6.07) is 0. The number of likely N-dealkylation sites (N-methyl/N-ethyl adjacent to an activating group) is 1. The van der Waals surface area contributed by atoms with Crippen LogP contribution in [-0.2, 0) is 4.79 Å². The monoisotopic (exact) mass is 113 g/mol. The van der Waals surface area contributed by atoms with Gasteiger partial charge in [-0.05, 0) is 6.92 Å². The van der Waals surface area contributed by atoms with Crippen LogP contribution in [0.5, 0.6) is 0 Å². The number of Topliss-reactive ketones (excluding diaryl/α,β-unsaturated/α-hetero) is 1. The molecule has 0 fully saturated rings. The standard InChI is InChI=1S/C6H11NO/c1-4-6(7-3)5(2)8/h4,7H,1-3H3/b6-4-. The molecule has 0 saturated carbocycles. The van der Waals surface area contributed by atoms with Gasteiger partial charge in [0.25, 0.3) is 0 Å². The summed E-state index contributed by atoms with van der Waals surface area (Å²) in [6.07, 6.45) is 1.75. The van der Waals surface area contributed by atoms with Crippen LogP contribution in [0.2, 0.25) is 0 Å². The molecule has 2 heteroatoms. The Hall–Kier alpha value is -0.790. The van der Waals surface area contributed by atoms with Crippen LogP contribution in [0.1, 0.15) is 13.8 Å². The molecule has 46 valence electrons. The molecule has 1 N–H and O–H groups in total. The summed E-state index contributed by atoms with van der Waals surface area (Å²) >= 11 is 0. The summed E-state index contributed by atoms with van der Waals surface area (Å²) in [6.45, 7) is 3.36. The second kappa shape index (κ2) is 3.24. The van der Waals surface area contributed by atoms with Crippen LogP contribution in [0.4, 0.5) is 0 Å². The van der Waals surface area contributed by atoms with Gasteiger partial charge < -0.3 is 5.32 Å². The van der Waals surface area contributed by atoms with Gasteiger partial charge in [-0.2, -0.15) is 0 Å². The highest BCUT2D eigenvalue weighted by atomic mass is 16.1. The zero-order valence-corrected chi connectivity index (χ0v) is 5.49. The van der Waals surface area contributed by atoms with Crippen LogP contribution in [0, 0.1) is 0 Å². The first-order valence-electron chi connectivity index (χ1n) is 2.57. The minimum atomic E-state index is 0.0787. The molecule has 8 heavy (non-hydrogen) atoms. The van der Waals surface area contributed by atoms with Crippen molar-refractivity contribution in [1.82, 2.24) is 5.32 Å². The molecular weight excluding hydrogens is 102 g/mol. The minimum absolute atomic E-state index is 0.0787. The lowest BCUT2D eigenvalue weighted by atomic mass is 10.3. The molecule has 0 aromatic carbocycles. The Balaban J connectivity index is 3.92. The Kier molecular flexibility index (Phi) is 2.92. The Morgan fingerprint density at radius 1 is 1.62 bits per heavy atom. The molecule has 0 spiro atoms. The predicted molar refractivity (Wildman–Crippen MR) is 33.5 cm³/mol. The van der Waals surface area contributed by atoms with Gasteiger partial charge in [0.15, 0.2) is 5.78 Å². The topological polar surface area (TPSA) is 29.1 Å². The molecule has 0 aliphatic heterocycles. The molecule has 0 heterocycles. The summed E-state index contributed by atoms with van der Waals surface area (Å²) in [5, 5.41) is 2.76. The molecule has 0 bridgehead atoms. The summed E-state index contributed by atoms with van der Waals surface area (Å²) in [7, 11) is 1.73. The van der Waals surface area contributed by atoms with E-state index in [0.29, 0.717) is 5.70 Å². The number of rotatable bonds is 2. The van der Waals surface area contributed by atoms with Crippen LogP contribution < -0.4 is 5.32 Å². The van der Waals surface area contributed by atoms with Gasteiger partial charge in [-0.1, -0.05) is 6.08 Å². The number of carbonyl (C=O) groups excluding carboxylic acids is 1. The molecule has 0 rings (SSSR count). The molecule has 0 amide bonds. The molecular formula is C6H11NO. The number of nitrogens with one attached hydrogen (secondary N) is 1. The summed E-state index contributed by atoms with van der Waals surface area (Å²) in [5.41, 5.74) is 0.671. The first kappa shape index (κ1) is 7.21. The average Bonchev–Trinajstić information content (AvgIpc) is 1.69. The van der Waals surface area contributed by atoms with Crippen LogP contribution in [0.15, 0.2) is 11.8 Å². The van der Waals surface area contributed by atoms with Gasteiger partial charge in [0.2, 0.25) is 0 Å². The molecule has 0 aliphatic rings. The number of carbonyl (C=O) groups is 1. The van der Waals surface area contributed by atoms with Crippen molar-refractivity contribution in [2.45, 2.75) is 13.8 Å². The van der Waals surface area contributed by atoms with E-state index < -0.39 is 0 Å². The second-order valence-electron chi connectivity index (χ2n) is 1.51. The maximum Gasteiger partial charge on any atom is 0.175 e. The van der Waals surface area contributed by atoms with Gasteiger partial charge in [-0.3, -0.25) is 4.79 Å². The Labute approximate surface area is 49.6 Å². The number of hydrogen-bond donors (Lipinski definition) is 1. The second-order valence-corrected chi connectivity index (χ2v) is 1.51. The van der Waals surface area contributed by atoms with Crippen LogP contribution >= 0.6 is 0 Å². The molecule has 0 aromatic heterocycles. The van der Waals surface area contributed by atoms with Gasteiger partial charge in [-0.25, -0.2) is 0 Å². The first-order valence-corrected chi connectivity index (χ1v) is 2.57. The molecule has 0 atom stereocenters. The summed E-state index contributed by atoms with van der Waals surface area (Å²) in [5.74, 6) is 0.0787. The van der Waals surface area contributed by atoms with Gasteiger partial charge in [0.05, 0.1) is 5.70 Å². The van der Waals surface area contributed by atoms with Gasteiger partial charge in [0.1, 0.15) is 0 Å². The van der Waals surface area contributed by atoms with E-state index in [-0.39, 0.29) is 5.78 Å². The van der Waals surface area contributed by atoms with Crippen LogP contribution in [0.25, 0.3) is 0 Å². The van der Waals surface area contributed by atoms with Crippen molar-refractivity contribution in [1.29, 1.82) is 0 Å². The smallest absolute Gasteiger partial charge is 0.175 e. The molecule has 0 unspecified atom stereocenters. The lowest BCUT2D eigenvalue weighted by Gasteiger charge is -1.97. The Morgan fingerprint density at radius 3 is 2.12 bits per heavy atom. The maximum absolute atomic E-state index is 10.5. The van der Waals surface area contributed by atoms with Crippen molar-refractivity contribution in [2.24, 2.45) is 0 Å². The highest BCUT2D eigenvalue weighted by molar-refractivity contribution is 5.92. The van der Waals surface area contributed by atoms with Gasteiger partial charge >= 0.3 is 0 Å². The highest BCUT2D eigenvalue weighted by Crippen LogP contribution is 1.86. The third-order valence-corrected chi connectivity index (χ3v) is 0.937. The third kappa shape index (κ3) is 1.78. The molecule has 0 saturated heterocycles. The van der Waals surface area contributed by atoms with Crippen molar-refractivity contribution in [3.63, 3.8) is 0 Å². The van der Waals surface area contributed by atoms with Crippen molar-refractivity contribution >= 4 is 5.78 Å². The molecule has 2 nitrogen and oxygen atoms in total. The van der Waals surface area contributed by atoms with E-state index in [4.69, 9.17) is 0 Å². The van der Waals surface area contributed by atoms with Crippen LogP contribution in [0.3, 0.4) is 0 Å². The molecule has 0 aromatic rings. The number of allylic oxidation sites excluding steroid dienone is 2. The van der Waals surface area contributed by atoms with E-state index in [9.17, 15) is 4.79 Å². The van der Waals surface area contributed by atoms with Crippen molar-refractivity contribution < 1.29 is 4.79 Å². The predicted octanol–water partition coefficient (Wildman–Crippen LogP) is 0.699. The number of ketones is 1. The fourth-order valence-electron chi connectivity index (χ4n) is 0.524. The lowest BCUT2D eigenvalue weighted by Crippen LogP contribution is -2.12. The number of hydrogen-bond acceptors (Lipinski definition) is 2. The van der Waals surface area contributed by atoms with Crippen molar-refractivity contribution in [2.75, 3.05) is 7.05 Å². The molecule has 0 aliphatic carbocycles. The summed E-state index contributed by atoms with van der Waals surface area (Å²) < 4.78 is 0. The minimum Gasteiger partial charge on any atom is -0.386 e. The van der Waals surface area contributed by atoms with E-state index in [1.165, 1.54) is 6.92 Å². The zero-order valence-electron chi connectivity index (χ0n) is 5.49. The fourth-order valence-corrected chi connectivity index (χ4v) is 0.524. The van der Waals surface area contributed by atoms with E-state index in [0.717, 1.165) is 0 Å². The third-order valence-electron chi connectivity index (χ3n) is 0.937. The van der Waals surface area contributed by atoms with E-state index in [2.05, 4.69) is 5.32 Å². The normalized spacial score (nSPS) is 11.1. The van der Waals surface area contributed by atoms with E-state index in [1.54, 1.807) is 13.1 Å². The van der Waals surface area contributed by atoms with Crippen molar-refractivity contribution in [3.8, 4) is 0 Å². The zero-order chi connectivity index (χ0) is 6.57. The first-order chi connectivity index (χ1) is 3.72. The van der Waals surface area contributed by atoms with E-state index >= 15 is 0 Å². The summed E-state index contributed by atoms with van der Waals surface area (Å²) in [4.78, 5) is 10.5. The van der Waals surface area contributed by atoms with Gasteiger partial charge in [0, 0.05) is 14.0 Å².